The van der Waals surface area contributed by atoms with Gasteiger partial charge in [0.25, 0.3) is 0 Å². The Morgan fingerprint density at radius 1 is 0.840 bits per heavy atom. The van der Waals surface area contributed by atoms with E-state index in [1.54, 1.807) is 6.20 Å². The van der Waals surface area contributed by atoms with E-state index in [2.05, 4.69) is 9.97 Å². The maximum atomic E-state index is 12.3. The monoisotopic (exact) mass is 327 g/mol. The highest BCUT2D eigenvalue weighted by Crippen LogP contribution is 2.32. The first-order valence-corrected chi connectivity index (χ1v) is 8.15. The van der Waals surface area contributed by atoms with Gasteiger partial charge in [-0.15, -0.1) is 0 Å². The van der Waals surface area contributed by atoms with Gasteiger partial charge in [-0.3, -0.25) is 9.78 Å². The van der Waals surface area contributed by atoms with E-state index in [-0.39, 0.29) is 5.43 Å². The van der Waals surface area contributed by atoms with Gasteiger partial charge in [-0.25, -0.2) is 4.98 Å². The van der Waals surface area contributed by atoms with E-state index in [0.717, 1.165) is 33.8 Å². The molecule has 0 aliphatic carbocycles. The third-order valence-corrected chi connectivity index (χ3v) is 4.18. The molecule has 0 spiro atoms. The summed E-state index contributed by atoms with van der Waals surface area (Å²) in [7, 11) is 0. The summed E-state index contributed by atoms with van der Waals surface area (Å²) < 4.78 is 0. The number of aromatic nitrogens is 3. The van der Waals surface area contributed by atoms with Crippen molar-refractivity contribution in [2.45, 2.75) is 13.8 Å². The molecular formula is C21H17N3O. The van der Waals surface area contributed by atoms with Crippen molar-refractivity contribution in [2.75, 3.05) is 0 Å². The molecule has 0 amide bonds. The number of rotatable bonds is 2. The minimum atomic E-state index is -0.0374. The Balaban J connectivity index is 2.10. The van der Waals surface area contributed by atoms with Crippen LogP contribution < -0.4 is 5.43 Å². The third kappa shape index (κ3) is 2.83. The van der Waals surface area contributed by atoms with E-state index in [1.807, 2.05) is 62.4 Å². The summed E-state index contributed by atoms with van der Waals surface area (Å²) >= 11 is 0. The van der Waals surface area contributed by atoms with Crippen LogP contribution in [0, 0.1) is 13.8 Å². The lowest BCUT2D eigenvalue weighted by Gasteiger charge is -2.12. The highest BCUT2D eigenvalue weighted by Gasteiger charge is 2.13. The van der Waals surface area contributed by atoms with Crippen molar-refractivity contribution in [3.63, 3.8) is 0 Å². The number of H-pyrrole nitrogens is 1. The van der Waals surface area contributed by atoms with E-state index >= 15 is 0 Å². The van der Waals surface area contributed by atoms with Crippen LogP contribution in [0.3, 0.4) is 0 Å². The Bertz CT molecular complexity index is 1110. The summed E-state index contributed by atoms with van der Waals surface area (Å²) in [5, 5.41) is 0.587. The van der Waals surface area contributed by atoms with E-state index in [4.69, 9.17) is 4.98 Å². The molecule has 1 N–H and O–H groups in total. The molecule has 3 heterocycles. The molecule has 0 aliphatic heterocycles. The maximum Gasteiger partial charge on any atom is 0.191 e. The first-order valence-electron chi connectivity index (χ1n) is 8.15. The molecule has 0 radical (unpaired) electrons. The molecule has 1 aromatic carbocycles. The van der Waals surface area contributed by atoms with Gasteiger partial charge in [-0.1, -0.05) is 30.3 Å². The third-order valence-electron chi connectivity index (χ3n) is 4.18. The number of hydrogen-bond donors (Lipinski definition) is 1. The highest BCUT2D eigenvalue weighted by molar-refractivity contribution is 5.90. The van der Waals surface area contributed by atoms with Gasteiger partial charge in [-0.2, -0.15) is 0 Å². The predicted octanol–water partition coefficient (Wildman–Crippen LogP) is 4.27. The van der Waals surface area contributed by atoms with Gasteiger partial charge in [-0.05, 0) is 37.6 Å². The molecule has 122 valence electrons. The summed E-state index contributed by atoms with van der Waals surface area (Å²) in [6, 6.07) is 17.5. The van der Waals surface area contributed by atoms with Gasteiger partial charge < -0.3 is 4.98 Å². The summed E-state index contributed by atoms with van der Waals surface area (Å²) in [5.41, 5.74) is 6.25. The summed E-state index contributed by atoms with van der Waals surface area (Å²) in [4.78, 5) is 24.6. The molecule has 0 unspecified atom stereocenters. The molecule has 3 aromatic heterocycles. The van der Waals surface area contributed by atoms with E-state index in [1.165, 1.54) is 6.07 Å². The zero-order chi connectivity index (χ0) is 17.4. The van der Waals surface area contributed by atoms with Crippen LogP contribution in [0.25, 0.3) is 33.4 Å². The number of pyridine rings is 3. The highest BCUT2D eigenvalue weighted by atomic mass is 16.1. The van der Waals surface area contributed by atoms with Crippen LogP contribution in [-0.2, 0) is 0 Å². The molecule has 4 aromatic rings. The van der Waals surface area contributed by atoms with Gasteiger partial charge >= 0.3 is 0 Å². The van der Waals surface area contributed by atoms with Crippen molar-refractivity contribution < 1.29 is 0 Å². The smallest absolute Gasteiger partial charge is 0.191 e. The van der Waals surface area contributed by atoms with Gasteiger partial charge in [0, 0.05) is 34.8 Å². The second kappa shape index (κ2) is 5.98. The van der Waals surface area contributed by atoms with Crippen LogP contribution in [-0.4, -0.2) is 15.0 Å². The zero-order valence-electron chi connectivity index (χ0n) is 14.1. The van der Waals surface area contributed by atoms with Crippen LogP contribution in [0.5, 0.6) is 0 Å². The Morgan fingerprint density at radius 2 is 1.56 bits per heavy atom. The van der Waals surface area contributed by atoms with Crippen LogP contribution >= 0.6 is 0 Å². The summed E-state index contributed by atoms with van der Waals surface area (Å²) in [5.74, 6) is 0. The average molecular weight is 327 g/mol. The maximum absolute atomic E-state index is 12.3. The molecule has 4 rings (SSSR count). The van der Waals surface area contributed by atoms with Gasteiger partial charge in [0.05, 0.1) is 11.1 Å². The first kappa shape index (κ1) is 15.3. The Morgan fingerprint density at radius 3 is 2.28 bits per heavy atom. The van der Waals surface area contributed by atoms with Crippen molar-refractivity contribution in [1.82, 2.24) is 15.0 Å². The second-order valence-electron chi connectivity index (χ2n) is 6.13. The molecular weight excluding hydrogens is 310 g/mol. The van der Waals surface area contributed by atoms with Gasteiger partial charge in [0.1, 0.15) is 5.65 Å². The lowest BCUT2D eigenvalue weighted by molar-refractivity contribution is 1.12. The first-order chi connectivity index (χ1) is 12.1. The zero-order valence-corrected chi connectivity index (χ0v) is 14.1. The van der Waals surface area contributed by atoms with Crippen LogP contribution in [0.2, 0.25) is 0 Å². The van der Waals surface area contributed by atoms with Crippen molar-refractivity contribution in [3.05, 3.63) is 82.4 Å². The number of nitrogens with one attached hydrogen (secondary N) is 1. The van der Waals surface area contributed by atoms with Crippen molar-refractivity contribution in [2.24, 2.45) is 0 Å². The topological polar surface area (TPSA) is 58.6 Å². The second-order valence-corrected chi connectivity index (χ2v) is 6.13. The Hall–Kier alpha value is -3.27. The van der Waals surface area contributed by atoms with Crippen LogP contribution in [0.15, 0.2) is 65.6 Å². The molecule has 4 heteroatoms. The molecule has 4 nitrogen and oxygen atoms in total. The van der Waals surface area contributed by atoms with E-state index < -0.39 is 0 Å². The van der Waals surface area contributed by atoms with Crippen molar-refractivity contribution in [3.8, 4) is 22.4 Å². The van der Waals surface area contributed by atoms with Crippen LogP contribution in [0.4, 0.5) is 0 Å². The molecule has 0 fully saturated rings. The lowest BCUT2D eigenvalue weighted by Crippen LogP contribution is -2.03. The predicted molar refractivity (Wildman–Crippen MR) is 101 cm³/mol. The normalized spacial score (nSPS) is 11.0. The molecule has 0 saturated carbocycles. The number of aromatic amines is 1. The molecule has 25 heavy (non-hydrogen) atoms. The minimum absolute atomic E-state index is 0.0374. The Labute approximate surface area is 145 Å². The van der Waals surface area contributed by atoms with Gasteiger partial charge in [0.2, 0.25) is 0 Å². The largest absolute Gasteiger partial charge is 0.346 e. The van der Waals surface area contributed by atoms with Crippen molar-refractivity contribution in [1.29, 1.82) is 0 Å². The number of aryl methyl sites for hydroxylation is 2. The molecule has 0 atom stereocenters. The molecule has 0 saturated heterocycles. The number of hydrogen-bond acceptors (Lipinski definition) is 3. The fourth-order valence-electron chi connectivity index (χ4n) is 3.12. The summed E-state index contributed by atoms with van der Waals surface area (Å²) in [6.07, 6.45) is 1.63. The lowest BCUT2D eigenvalue weighted by atomic mass is 9.97. The summed E-state index contributed by atoms with van der Waals surface area (Å²) in [6.45, 7) is 3.94. The molecule has 0 aliphatic rings. The number of nitrogens with zero attached hydrogens (tertiary/aromatic N) is 2. The fraction of sp³-hybridized carbons (Fsp3) is 0.0952. The number of fused-ring (bicyclic) bond motifs is 1. The van der Waals surface area contributed by atoms with E-state index in [9.17, 15) is 4.79 Å². The quantitative estimate of drug-likeness (QED) is 0.598. The number of benzene rings is 1. The van der Waals surface area contributed by atoms with Crippen molar-refractivity contribution >= 4 is 11.0 Å². The standard InChI is InChI=1S/C21H17N3O/c1-13-10-16(11-14(2)23-13)17-12-18-19(25)8-9-22-21(18)24-20(17)15-6-4-3-5-7-15/h3-12H,1-2H3,(H,22,24,25). The van der Waals surface area contributed by atoms with E-state index in [0.29, 0.717) is 11.0 Å². The average Bonchev–Trinajstić information content (AvgIpc) is 2.61. The van der Waals surface area contributed by atoms with Crippen LogP contribution in [0.1, 0.15) is 11.4 Å². The fourth-order valence-corrected chi connectivity index (χ4v) is 3.12. The SMILES string of the molecule is Cc1cc(-c2cc3c(=O)cc[nH]c3nc2-c2ccccc2)cc(C)n1. The minimum Gasteiger partial charge on any atom is -0.346 e. The Kier molecular flexibility index (Phi) is 3.65. The molecule has 0 bridgehead atoms. The van der Waals surface area contributed by atoms with Gasteiger partial charge in [0.15, 0.2) is 5.43 Å².